The largest absolute Gasteiger partial charge is 0.490 e. The average Bonchev–Trinajstić information content (AvgIpc) is 3.39. The first-order valence-electron chi connectivity index (χ1n) is 12.6. The van der Waals surface area contributed by atoms with Crippen LogP contribution in [0.5, 0.6) is 5.75 Å². The SMILES string of the molecule is O=C(CCCNC(=O)c1cn(-c2ccccc2)nc1C(F)(F)F)c1ccc(OC2CCC(C(=O)O)CC2)cc1. The van der Waals surface area contributed by atoms with Gasteiger partial charge in [-0.15, -0.1) is 0 Å². The molecule has 0 atom stereocenters. The molecule has 0 spiro atoms. The molecule has 0 unspecified atom stereocenters. The second-order valence-corrected chi connectivity index (χ2v) is 9.41. The van der Waals surface area contributed by atoms with Crippen LogP contribution in [0.15, 0.2) is 60.8 Å². The Bertz CT molecular complexity index is 1300. The standard InChI is InChI=1S/C28H28F3N3O5/c29-28(30,31)25-23(17-34(33-25)20-5-2-1-3-6-20)26(36)32-16-4-7-24(35)18-8-12-21(13-9-18)39-22-14-10-19(11-15-22)27(37)38/h1-3,5-6,8-9,12-13,17,19,22H,4,7,10-11,14-16H2,(H,32,36)(H,37,38). The van der Waals surface area contributed by atoms with Crippen LogP contribution in [0.25, 0.3) is 5.69 Å². The Labute approximate surface area is 222 Å². The second-order valence-electron chi connectivity index (χ2n) is 9.41. The van der Waals surface area contributed by atoms with Gasteiger partial charge in [0.15, 0.2) is 11.5 Å². The lowest BCUT2D eigenvalue weighted by Crippen LogP contribution is -2.27. The number of hydrogen-bond donors (Lipinski definition) is 2. The molecule has 11 heteroatoms. The van der Waals surface area contributed by atoms with Crippen molar-refractivity contribution in [3.8, 4) is 11.4 Å². The van der Waals surface area contributed by atoms with Crippen LogP contribution in [-0.2, 0) is 11.0 Å². The molecule has 0 bridgehead atoms. The summed E-state index contributed by atoms with van der Waals surface area (Å²) in [7, 11) is 0. The van der Waals surface area contributed by atoms with E-state index in [9.17, 15) is 27.6 Å². The highest BCUT2D eigenvalue weighted by Gasteiger charge is 2.39. The van der Waals surface area contributed by atoms with E-state index >= 15 is 0 Å². The number of carbonyl (C=O) groups excluding carboxylic acids is 2. The van der Waals surface area contributed by atoms with E-state index in [2.05, 4.69) is 10.4 Å². The third-order valence-electron chi connectivity index (χ3n) is 6.62. The van der Waals surface area contributed by atoms with Crippen molar-refractivity contribution in [3.63, 3.8) is 0 Å². The molecule has 1 aliphatic carbocycles. The van der Waals surface area contributed by atoms with Crippen molar-refractivity contribution in [2.75, 3.05) is 6.54 Å². The molecule has 0 aliphatic heterocycles. The van der Waals surface area contributed by atoms with Gasteiger partial charge < -0.3 is 15.2 Å². The molecule has 39 heavy (non-hydrogen) atoms. The molecule has 3 aromatic rings. The first kappa shape index (κ1) is 27.9. The summed E-state index contributed by atoms with van der Waals surface area (Å²) >= 11 is 0. The molecular formula is C28H28F3N3O5. The number of aromatic nitrogens is 2. The van der Waals surface area contributed by atoms with Crippen LogP contribution in [0, 0.1) is 5.92 Å². The number of carboxylic acids is 1. The number of carbonyl (C=O) groups is 3. The van der Waals surface area contributed by atoms with Gasteiger partial charge >= 0.3 is 12.1 Å². The lowest BCUT2D eigenvalue weighted by Gasteiger charge is -2.26. The summed E-state index contributed by atoms with van der Waals surface area (Å²) < 4.78 is 47.4. The minimum Gasteiger partial charge on any atom is -0.490 e. The molecule has 2 N–H and O–H groups in total. The number of para-hydroxylation sites is 1. The van der Waals surface area contributed by atoms with Crippen LogP contribution >= 0.6 is 0 Å². The third-order valence-corrected chi connectivity index (χ3v) is 6.62. The van der Waals surface area contributed by atoms with Crippen LogP contribution in [0.2, 0.25) is 0 Å². The van der Waals surface area contributed by atoms with Crippen molar-refractivity contribution in [2.24, 2.45) is 5.92 Å². The van der Waals surface area contributed by atoms with E-state index in [4.69, 9.17) is 9.84 Å². The Morgan fingerprint density at radius 2 is 1.67 bits per heavy atom. The third kappa shape index (κ3) is 7.24. The number of Topliss-reactive ketones (excluding diaryl/α,β-unsaturated/α-hetero) is 1. The summed E-state index contributed by atoms with van der Waals surface area (Å²) in [6.07, 6.45) is -1.06. The number of amides is 1. The molecule has 8 nitrogen and oxygen atoms in total. The molecule has 1 amide bonds. The number of nitrogens with zero attached hydrogens (tertiary/aromatic N) is 2. The maximum absolute atomic E-state index is 13.5. The lowest BCUT2D eigenvalue weighted by atomic mass is 9.87. The summed E-state index contributed by atoms with van der Waals surface area (Å²) in [6.45, 7) is 0.0125. The van der Waals surface area contributed by atoms with E-state index in [1.807, 2.05) is 0 Å². The Hall–Kier alpha value is -4.15. The van der Waals surface area contributed by atoms with Gasteiger partial charge in [-0.2, -0.15) is 18.3 Å². The number of ether oxygens (including phenoxy) is 1. The Morgan fingerprint density at radius 1 is 1.00 bits per heavy atom. The summed E-state index contributed by atoms with van der Waals surface area (Å²) in [6, 6.07) is 14.8. The molecule has 0 radical (unpaired) electrons. The Balaban J connectivity index is 1.26. The van der Waals surface area contributed by atoms with Gasteiger partial charge in [0.25, 0.3) is 5.91 Å². The molecule has 0 saturated heterocycles. The molecule has 1 heterocycles. The fourth-order valence-corrected chi connectivity index (χ4v) is 4.49. The molecule has 2 aromatic carbocycles. The van der Waals surface area contributed by atoms with Gasteiger partial charge in [0.1, 0.15) is 5.75 Å². The van der Waals surface area contributed by atoms with Crippen molar-refractivity contribution >= 4 is 17.7 Å². The number of halogens is 3. The minimum absolute atomic E-state index is 0.0125. The van der Waals surface area contributed by atoms with E-state index in [1.165, 1.54) is 0 Å². The molecule has 1 fully saturated rings. The minimum atomic E-state index is -4.81. The highest BCUT2D eigenvalue weighted by atomic mass is 19.4. The number of ketones is 1. The van der Waals surface area contributed by atoms with E-state index in [0.29, 0.717) is 42.7 Å². The van der Waals surface area contributed by atoms with Crippen LogP contribution in [0.1, 0.15) is 64.9 Å². The topological polar surface area (TPSA) is 111 Å². The number of rotatable bonds is 10. The van der Waals surface area contributed by atoms with Crippen molar-refractivity contribution in [1.29, 1.82) is 0 Å². The fourth-order valence-electron chi connectivity index (χ4n) is 4.49. The van der Waals surface area contributed by atoms with Crippen molar-refractivity contribution in [3.05, 3.63) is 77.6 Å². The Kier molecular flexibility index (Phi) is 8.68. The number of alkyl halides is 3. The zero-order valence-corrected chi connectivity index (χ0v) is 21.0. The normalized spacial score (nSPS) is 17.4. The van der Waals surface area contributed by atoms with Crippen molar-refractivity contribution < 1.29 is 37.4 Å². The zero-order chi connectivity index (χ0) is 28.0. The average molecular weight is 544 g/mol. The zero-order valence-electron chi connectivity index (χ0n) is 21.0. The predicted molar refractivity (Wildman–Crippen MR) is 135 cm³/mol. The van der Waals surface area contributed by atoms with Crippen LogP contribution in [-0.4, -0.2) is 45.2 Å². The molecular weight excluding hydrogens is 515 g/mol. The van der Waals surface area contributed by atoms with Gasteiger partial charge in [0.2, 0.25) is 0 Å². The lowest BCUT2D eigenvalue weighted by molar-refractivity contribution is -0.143. The van der Waals surface area contributed by atoms with E-state index in [-0.39, 0.29) is 37.2 Å². The first-order chi connectivity index (χ1) is 18.6. The maximum Gasteiger partial charge on any atom is 0.435 e. The maximum atomic E-state index is 13.5. The van der Waals surface area contributed by atoms with E-state index in [0.717, 1.165) is 10.9 Å². The Morgan fingerprint density at radius 3 is 2.28 bits per heavy atom. The fraction of sp³-hybridized carbons (Fsp3) is 0.357. The number of carboxylic acid groups (broad SMARTS) is 1. The van der Waals surface area contributed by atoms with Gasteiger partial charge in [0.05, 0.1) is 23.3 Å². The van der Waals surface area contributed by atoms with Gasteiger partial charge in [-0.3, -0.25) is 14.4 Å². The summed E-state index contributed by atoms with van der Waals surface area (Å²) in [5.74, 6) is -1.61. The summed E-state index contributed by atoms with van der Waals surface area (Å²) in [5.41, 5.74) is -1.04. The highest BCUT2D eigenvalue weighted by Crippen LogP contribution is 2.31. The van der Waals surface area contributed by atoms with E-state index in [1.54, 1.807) is 54.6 Å². The van der Waals surface area contributed by atoms with Crippen LogP contribution in [0.3, 0.4) is 0 Å². The van der Waals surface area contributed by atoms with Gasteiger partial charge in [-0.25, -0.2) is 4.68 Å². The molecule has 206 valence electrons. The molecule has 1 aliphatic rings. The molecule has 4 rings (SSSR count). The second kappa shape index (κ2) is 12.1. The van der Waals surface area contributed by atoms with E-state index < -0.39 is 29.3 Å². The summed E-state index contributed by atoms with van der Waals surface area (Å²) in [4.78, 5) is 36.1. The molecule has 1 saturated carbocycles. The number of aliphatic carboxylic acids is 1. The summed E-state index contributed by atoms with van der Waals surface area (Å²) in [5, 5.41) is 15.1. The van der Waals surface area contributed by atoms with Crippen molar-refractivity contribution in [2.45, 2.75) is 50.8 Å². The van der Waals surface area contributed by atoms with Gasteiger partial charge in [0, 0.05) is 24.7 Å². The number of nitrogens with one attached hydrogen (secondary N) is 1. The van der Waals surface area contributed by atoms with Crippen LogP contribution in [0.4, 0.5) is 13.2 Å². The molecule has 1 aromatic heterocycles. The van der Waals surface area contributed by atoms with Gasteiger partial charge in [-0.1, -0.05) is 18.2 Å². The smallest absolute Gasteiger partial charge is 0.435 e. The van der Waals surface area contributed by atoms with Crippen LogP contribution < -0.4 is 10.1 Å². The number of hydrogen-bond acceptors (Lipinski definition) is 5. The highest BCUT2D eigenvalue weighted by molar-refractivity contribution is 5.96. The van der Waals surface area contributed by atoms with Crippen molar-refractivity contribution in [1.82, 2.24) is 15.1 Å². The predicted octanol–water partition coefficient (Wildman–Crippen LogP) is 5.31. The monoisotopic (exact) mass is 543 g/mol. The number of benzene rings is 2. The first-order valence-corrected chi connectivity index (χ1v) is 12.6. The van der Waals surface area contributed by atoms with Gasteiger partial charge in [-0.05, 0) is 68.5 Å². The quantitative estimate of drug-likeness (QED) is 0.265.